The lowest BCUT2D eigenvalue weighted by Crippen LogP contribution is -2.23. The second kappa shape index (κ2) is 6.68. The van der Waals surface area contributed by atoms with Crippen LogP contribution in [0.3, 0.4) is 0 Å². The zero-order valence-electron chi connectivity index (χ0n) is 13.3. The monoisotopic (exact) mass is 316 g/mol. The molecular weight excluding hydrogens is 296 g/mol. The number of nitrogens with zero attached hydrogens (tertiary/aromatic N) is 3. The summed E-state index contributed by atoms with van der Waals surface area (Å²) in [6.45, 7) is 5.07. The predicted octanol–water partition coefficient (Wildman–Crippen LogP) is 3.15. The Morgan fingerprint density at radius 1 is 1.35 bits per heavy atom. The van der Waals surface area contributed by atoms with Crippen LogP contribution in [0.1, 0.15) is 38.0 Å². The Labute approximate surface area is 134 Å². The average Bonchev–Trinajstić information content (AvgIpc) is 3.18. The second-order valence-electron chi connectivity index (χ2n) is 5.48. The van der Waals surface area contributed by atoms with Gasteiger partial charge in [-0.3, -0.25) is 4.90 Å². The Bertz CT molecular complexity index is 668. The van der Waals surface area contributed by atoms with Gasteiger partial charge >= 0.3 is 6.09 Å². The lowest BCUT2D eigenvalue weighted by molar-refractivity contribution is 0.181. The minimum atomic E-state index is -0.298. The van der Waals surface area contributed by atoms with Crippen LogP contribution in [0.25, 0.3) is 0 Å². The highest BCUT2D eigenvalue weighted by molar-refractivity contribution is 5.89. The van der Waals surface area contributed by atoms with Crippen LogP contribution in [0.15, 0.2) is 28.8 Å². The number of aromatic nitrogens is 2. The lowest BCUT2D eigenvalue weighted by atomic mass is 10.2. The van der Waals surface area contributed by atoms with Gasteiger partial charge in [-0.15, -0.1) is 0 Å². The first-order valence-corrected chi connectivity index (χ1v) is 7.80. The molecule has 2 heterocycles. The summed E-state index contributed by atoms with van der Waals surface area (Å²) in [5, 5.41) is 7.27. The van der Waals surface area contributed by atoms with Crippen molar-refractivity contribution in [3.8, 4) is 0 Å². The number of carbonyl (C=O) groups excluding carboxylic acids is 1. The molecule has 7 nitrogen and oxygen atoms in total. The van der Waals surface area contributed by atoms with Crippen LogP contribution in [-0.2, 0) is 11.2 Å². The molecule has 1 aromatic carbocycles. The number of aryl methyl sites for hydroxylation is 1. The third kappa shape index (κ3) is 3.44. The van der Waals surface area contributed by atoms with Crippen LogP contribution in [0.4, 0.5) is 16.2 Å². The quantitative estimate of drug-likeness (QED) is 0.881. The van der Waals surface area contributed by atoms with Gasteiger partial charge in [-0.05, 0) is 37.6 Å². The Hall–Kier alpha value is -2.57. The molecule has 2 aromatic rings. The van der Waals surface area contributed by atoms with Crippen LogP contribution in [-0.4, -0.2) is 29.4 Å². The van der Waals surface area contributed by atoms with E-state index in [1.165, 1.54) is 0 Å². The van der Waals surface area contributed by atoms with E-state index in [0.717, 1.165) is 30.0 Å². The topological polar surface area (TPSA) is 80.5 Å². The Morgan fingerprint density at radius 2 is 2.13 bits per heavy atom. The molecule has 1 amide bonds. The smallest absolute Gasteiger partial charge is 0.414 e. The molecule has 0 saturated carbocycles. The fourth-order valence-electron chi connectivity index (χ4n) is 2.45. The summed E-state index contributed by atoms with van der Waals surface area (Å²) in [6.07, 6.45) is 1.51. The van der Waals surface area contributed by atoms with E-state index in [1.54, 1.807) is 4.90 Å². The van der Waals surface area contributed by atoms with Crippen LogP contribution in [0.5, 0.6) is 0 Å². The van der Waals surface area contributed by atoms with E-state index in [1.807, 2.05) is 31.2 Å². The Balaban J connectivity index is 1.64. The number of hydrogen-bond acceptors (Lipinski definition) is 6. The van der Waals surface area contributed by atoms with Gasteiger partial charge in [0.1, 0.15) is 12.6 Å². The molecule has 1 fully saturated rings. The van der Waals surface area contributed by atoms with Crippen molar-refractivity contribution in [2.24, 2.45) is 0 Å². The van der Waals surface area contributed by atoms with E-state index in [9.17, 15) is 4.79 Å². The molecule has 0 spiro atoms. The number of anilines is 2. The third-order valence-electron chi connectivity index (χ3n) is 3.65. The van der Waals surface area contributed by atoms with Gasteiger partial charge in [-0.25, -0.2) is 4.79 Å². The number of ether oxygens (including phenoxy) is 1. The highest BCUT2D eigenvalue weighted by Crippen LogP contribution is 2.23. The SMILES string of the molecule is CCCc1noc([C@@H](C)Nc2ccc(N3CCOC3=O)cc2)n1. The molecule has 0 bridgehead atoms. The van der Waals surface area contributed by atoms with Gasteiger partial charge in [0.15, 0.2) is 5.82 Å². The van der Waals surface area contributed by atoms with Gasteiger partial charge in [0.05, 0.1) is 6.54 Å². The molecule has 1 atom stereocenters. The Kier molecular flexibility index (Phi) is 4.45. The molecular formula is C16H20N4O3. The zero-order valence-corrected chi connectivity index (χ0v) is 13.3. The van der Waals surface area contributed by atoms with E-state index < -0.39 is 0 Å². The van der Waals surface area contributed by atoms with Crippen molar-refractivity contribution in [2.45, 2.75) is 32.7 Å². The molecule has 0 unspecified atom stereocenters. The largest absolute Gasteiger partial charge is 0.447 e. The van der Waals surface area contributed by atoms with E-state index in [4.69, 9.17) is 9.26 Å². The summed E-state index contributed by atoms with van der Waals surface area (Å²) >= 11 is 0. The maximum atomic E-state index is 11.5. The fraction of sp³-hybridized carbons (Fsp3) is 0.438. The van der Waals surface area contributed by atoms with Gasteiger partial charge in [-0.1, -0.05) is 12.1 Å². The van der Waals surface area contributed by atoms with Crippen molar-refractivity contribution in [2.75, 3.05) is 23.4 Å². The van der Waals surface area contributed by atoms with E-state index in [0.29, 0.717) is 19.0 Å². The van der Waals surface area contributed by atoms with Gasteiger partial charge in [0, 0.05) is 17.8 Å². The zero-order chi connectivity index (χ0) is 16.2. The van der Waals surface area contributed by atoms with Crippen molar-refractivity contribution in [3.05, 3.63) is 36.0 Å². The number of benzene rings is 1. The first-order valence-electron chi connectivity index (χ1n) is 7.80. The highest BCUT2D eigenvalue weighted by Gasteiger charge is 2.23. The lowest BCUT2D eigenvalue weighted by Gasteiger charge is -2.15. The number of carbonyl (C=O) groups is 1. The van der Waals surface area contributed by atoms with E-state index in [2.05, 4.69) is 22.4 Å². The third-order valence-corrected chi connectivity index (χ3v) is 3.65. The molecule has 1 saturated heterocycles. The highest BCUT2D eigenvalue weighted by atomic mass is 16.6. The van der Waals surface area contributed by atoms with Crippen LogP contribution < -0.4 is 10.2 Å². The molecule has 1 aliphatic rings. The minimum Gasteiger partial charge on any atom is -0.447 e. The first kappa shape index (κ1) is 15.3. The summed E-state index contributed by atoms with van der Waals surface area (Å²) in [7, 11) is 0. The number of cyclic esters (lactones) is 1. The molecule has 23 heavy (non-hydrogen) atoms. The van der Waals surface area contributed by atoms with Gasteiger partial charge in [0.25, 0.3) is 0 Å². The summed E-state index contributed by atoms with van der Waals surface area (Å²) < 4.78 is 10.2. The minimum absolute atomic E-state index is 0.0873. The standard InChI is InChI=1S/C16H20N4O3/c1-3-4-14-18-15(23-19-14)11(2)17-12-5-7-13(8-6-12)20-9-10-22-16(20)21/h5-8,11,17H,3-4,9-10H2,1-2H3/t11-/m1/s1. The first-order chi connectivity index (χ1) is 11.2. The van der Waals surface area contributed by atoms with Crippen LogP contribution >= 0.6 is 0 Å². The molecule has 1 aromatic heterocycles. The fourth-order valence-corrected chi connectivity index (χ4v) is 2.45. The van der Waals surface area contributed by atoms with Gasteiger partial charge < -0.3 is 14.6 Å². The molecule has 122 valence electrons. The number of nitrogens with one attached hydrogen (secondary N) is 1. The summed E-state index contributed by atoms with van der Waals surface area (Å²) in [4.78, 5) is 17.5. The average molecular weight is 316 g/mol. The number of rotatable bonds is 6. The molecule has 0 aliphatic carbocycles. The number of hydrogen-bond donors (Lipinski definition) is 1. The summed E-state index contributed by atoms with van der Waals surface area (Å²) in [5.74, 6) is 1.31. The Morgan fingerprint density at radius 3 is 2.78 bits per heavy atom. The molecule has 0 radical (unpaired) electrons. The molecule has 1 aliphatic heterocycles. The van der Waals surface area contributed by atoms with Crippen LogP contribution in [0.2, 0.25) is 0 Å². The van der Waals surface area contributed by atoms with E-state index >= 15 is 0 Å². The molecule has 3 rings (SSSR count). The van der Waals surface area contributed by atoms with Gasteiger partial charge in [0.2, 0.25) is 5.89 Å². The van der Waals surface area contributed by atoms with Crippen molar-refractivity contribution in [1.29, 1.82) is 0 Å². The number of amides is 1. The van der Waals surface area contributed by atoms with Crippen molar-refractivity contribution < 1.29 is 14.1 Å². The van der Waals surface area contributed by atoms with Crippen LogP contribution in [0, 0.1) is 0 Å². The van der Waals surface area contributed by atoms with E-state index in [-0.39, 0.29) is 12.1 Å². The second-order valence-corrected chi connectivity index (χ2v) is 5.48. The van der Waals surface area contributed by atoms with Crippen molar-refractivity contribution in [3.63, 3.8) is 0 Å². The predicted molar refractivity (Wildman–Crippen MR) is 85.5 cm³/mol. The van der Waals surface area contributed by atoms with Crippen molar-refractivity contribution in [1.82, 2.24) is 10.1 Å². The van der Waals surface area contributed by atoms with Gasteiger partial charge in [-0.2, -0.15) is 4.98 Å². The molecule has 7 heteroatoms. The maximum Gasteiger partial charge on any atom is 0.414 e. The molecule has 1 N–H and O–H groups in total. The maximum absolute atomic E-state index is 11.5. The summed E-state index contributed by atoms with van der Waals surface area (Å²) in [6, 6.07) is 7.52. The van der Waals surface area contributed by atoms with Crippen molar-refractivity contribution >= 4 is 17.5 Å². The normalized spacial score (nSPS) is 15.6. The summed E-state index contributed by atoms with van der Waals surface area (Å²) in [5.41, 5.74) is 1.75.